The second kappa shape index (κ2) is 4.23. The fourth-order valence-electron chi connectivity index (χ4n) is 1.59. The van der Waals surface area contributed by atoms with Crippen LogP contribution in [0.2, 0.25) is 0 Å². The first-order valence-electron chi connectivity index (χ1n) is 5.10. The molecule has 1 aromatic carbocycles. The molecule has 0 radical (unpaired) electrons. The molecule has 0 fully saturated rings. The number of benzene rings is 1. The first-order valence-corrected chi connectivity index (χ1v) is 5.10. The first kappa shape index (κ1) is 10.5. The van der Waals surface area contributed by atoms with Gasteiger partial charge in [-0.25, -0.2) is 4.79 Å². The number of esters is 1. The van der Waals surface area contributed by atoms with Crippen LogP contribution in [0.25, 0.3) is 0 Å². The molecule has 1 aromatic heterocycles. The van der Waals surface area contributed by atoms with Gasteiger partial charge in [0.1, 0.15) is 5.75 Å². The minimum atomic E-state index is -0.326. The predicted molar refractivity (Wildman–Crippen MR) is 61.7 cm³/mol. The van der Waals surface area contributed by atoms with Gasteiger partial charge in [-0.3, -0.25) is 0 Å². The van der Waals surface area contributed by atoms with Gasteiger partial charge < -0.3 is 9.72 Å². The van der Waals surface area contributed by atoms with Crippen molar-refractivity contribution in [3.8, 4) is 5.75 Å². The van der Waals surface area contributed by atoms with E-state index >= 15 is 0 Å². The van der Waals surface area contributed by atoms with Crippen LogP contribution in [-0.2, 0) is 0 Å². The van der Waals surface area contributed by atoms with Crippen LogP contribution in [0.4, 0.5) is 0 Å². The minimum Gasteiger partial charge on any atom is -0.423 e. The van der Waals surface area contributed by atoms with E-state index in [4.69, 9.17) is 4.74 Å². The van der Waals surface area contributed by atoms with E-state index in [-0.39, 0.29) is 5.97 Å². The summed E-state index contributed by atoms with van der Waals surface area (Å²) in [4.78, 5) is 14.9. The van der Waals surface area contributed by atoms with Crippen LogP contribution in [0.3, 0.4) is 0 Å². The Bertz CT molecular complexity index is 500. The number of carbonyl (C=O) groups excluding carboxylic acids is 1. The molecule has 3 heteroatoms. The van der Waals surface area contributed by atoms with Crippen LogP contribution in [-0.4, -0.2) is 11.0 Å². The van der Waals surface area contributed by atoms with Crippen LogP contribution in [0, 0.1) is 13.8 Å². The third kappa shape index (κ3) is 2.14. The third-order valence-electron chi connectivity index (χ3n) is 2.32. The zero-order valence-corrected chi connectivity index (χ0v) is 9.28. The highest BCUT2D eigenvalue weighted by atomic mass is 16.5. The average Bonchev–Trinajstić information content (AvgIpc) is 2.59. The Morgan fingerprint density at radius 1 is 1.19 bits per heavy atom. The molecular formula is C13H13NO2. The molecule has 0 aliphatic carbocycles. The number of ether oxygens (including phenoxy) is 1. The van der Waals surface area contributed by atoms with Crippen LogP contribution < -0.4 is 4.74 Å². The van der Waals surface area contributed by atoms with Crippen molar-refractivity contribution in [1.29, 1.82) is 0 Å². The number of rotatable bonds is 2. The van der Waals surface area contributed by atoms with E-state index in [9.17, 15) is 4.79 Å². The number of hydrogen-bond donors (Lipinski definition) is 1. The standard InChI is InChI=1S/C13H13NO2/c1-9-8-12(10(2)14-9)13(15)16-11-6-4-3-5-7-11/h3-8,14H,1-2H3. The molecule has 2 rings (SSSR count). The van der Waals surface area contributed by atoms with Crippen molar-refractivity contribution in [2.24, 2.45) is 0 Å². The van der Waals surface area contributed by atoms with Gasteiger partial charge in [0, 0.05) is 11.4 Å². The van der Waals surface area contributed by atoms with Crippen molar-refractivity contribution in [1.82, 2.24) is 4.98 Å². The fourth-order valence-corrected chi connectivity index (χ4v) is 1.59. The number of nitrogens with one attached hydrogen (secondary N) is 1. The lowest BCUT2D eigenvalue weighted by molar-refractivity contribution is 0.0734. The van der Waals surface area contributed by atoms with Gasteiger partial charge in [0.25, 0.3) is 0 Å². The topological polar surface area (TPSA) is 42.1 Å². The molecule has 0 saturated heterocycles. The highest BCUT2D eigenvalue weighted by Gasteiger charge is 2.13. The Hall–Kier alpha value is -2.03. The largest absolute Gasteiger partial charge is 0.423 e. The summed E-state index contributed by atoms with van der Waals surface area (Å²) in [5, 5.41) is 0. The smallest absolute Gasteiger partial charge is 0.345 e. The Balaban J connectivity index is 2.18. The molecule has 2 aromatic rings. The number of hydrogen-bond acceptors (Lipinski definition) is 2. The van der Waals surface area contributed by atoms with E-state index in [0.29, 0.717) is 11.3 Å². The van der Waals surface area contributed by atoms with Gasteiger partial charge in [0.15, 0.2) is 0 Å². The number of aromatic amines is 1. The minimum absolute atomic E-state index is 0.326. The van der Waals surface area contributed by atoms with Gasteiger partial charge in [-0.05, 0) is 32.0 Å². The van der Waals surface area contributed by atoms with Gasteiger partial charge in [-0.1, -0.05) is 18.2 Å². The van der Waals surface area contributed by atoms with Crippen LogP contribution >= 0.6 is 0 Å². The van der Waals surface area contributed by atoms with Crippen molar-refractivity contribution in [3.05, 3.63) is 53.3 Å². The molecule has 3 nitrogen and oxygen atoms in total. The summed E-state index contributed by atoms with van der Waals surface area (Å²) >= 11 is 0. The van der Waals surface area contributed by atoms with Crippen LogP contribution in [0.5, 0.6) is 5.75 Å². The third-order valence-corrected chi connectivity index (χ3v) is 2.32. The molecule has 0 unspecified atom stereocenters. The van der Waals surface area contributed by atoms with Crippen LogP contribution in [0.15, 0.2) is 36.4 Å². The molecule has 16 heavy (non-hydrogen) atoms. The molecule has 82 valence electrons. The lowest BCUT2D eigenvalue weighted by Crippen LogP contribution is -2.08. The molecule has 0 aliphatic heterocycles. The van der Waals surface area contributed by atoms with Crippen molar-refractivity contribution in [2.45, 2.75) is 13.8 Å². The number of aryl methyl sites for hydroxylation is 2. The molecule has 1 heterocycles. The monoisotopic (exact) mass is 215 g/mol. The molecule has 0 amide bonds. The zero-order valence-electron chi connectivity index (χ0n) is 9.28. The summed E-state index contributed by atoms with van der Waals surface area (Å²) in [7, 11) is 0. The van der Waals surface area contributed by atoms with E-state index in [1.807, 2.05) is 32.0 Å². The second-order valence-electron chi connectivity index (χ2n) is 3.69. The molecule has 0 bridgehead atoms. The summed E-state index contributed by atoms with van der Waals surface area (Å²) in [6, 6.07) is 10.8. The quantitative estimate of drug-likeness (QED) is 0.618. The molecule has 0 saturated carbocycles. The van der Waals surface area contributed by atoms with E-state index in [1.54, 1.807) is 18.2 Å². The highest BCUT2D eigenvalue weighted by Crippen LogP contribution is 2.14. The normalized spacial score (nSPS) is 10.1. The summed E-state index contributed by atoms with van der Waals surface area (Å²) in [6.45, 7) is 3.76. The molecule has 0 spiro atoms. The van der Waals surface area contributed by atoms with Crippen molar-refractivity contribution in [2.75, 3.05) is 0 Å². The summed E-state index contributed by atoms with van der Waals surface area (Å²) in [5.41, 5.74) is 2.37. The Morgan fingerprint density at radius 2 is 1.88 bits per heavy atom. The lowest BCUT2D eigenvalue weighted by atomic mass is 10.2. The first-order chi connectivity index (χ1) is 7.66. The average molecular weight is 215 g/mol. The Labute approximate surface area is 94.1 Å². The molecule has 0 aliphatic rings. The SMILES string of the molecule is Cc1cc(C(=O)Oc2ccccc2)c(C)[nH]1. The Morgan fingerprint density at radius 3 is 2.44 bits per heavy atom. The summed E-state index contributed by atoms with van der Waals surface area (Å²) in [5.74, 6) is 0.235. The highest BCUT2D eigenvalue weighted by molar-refractivity contribution is 5.92. The van der Waals surface area contributed by atoms with E-state index in [0.717, 1.165) is 11.4 Å². The molecular weight excluding hydrogens is 202 g/mol. The van der Waals surface area contributed by atoms with Gasteiger partial charge in [0.2, 0.25) is 0 Å². The predicted octanol–water partition coefficient (Wildman–Crippen LogP) is 2.85. The number of carbonyl (C=O) groups is 1. The zero-order chi connectivity index (χ0) is 11.5. The molecule has 0 atom stereocenters. The van der Waals surface area contributed by atoms with E-state index < -0.39 is 0 Å². The summed E-state index contributed by atoms with van der Waals surface area (Å²) < 4.78 is 5.24. The maximum absolute atomic E-state index is 11.8. The van der Waals surface area contributed by atoms with Crippen molar-refractivity contribution in [3.63, 3.8) is 0 Å². The molecule has 1 N–H and O–H groups in total. The number of H-pyrrole nitrogens is 1. The van der Waals surface area contributed by atoms with Gasteiger partial charge >= 0.3 is 5.97 Å². The Kier molecular flexibility index (Phi) is 2.77. The maximum atomic E-state index is 11.8. The second-order valence-corrected chi connectivity index (χ2v) is 3.69. The van der Waals surface area contributed by atoms with Crippen molar-refractivity contribution >= 4 is 5.97 Å². The number of para-hydroxylation sites is 1. The summed E-state index contributed by atoms with van der Waals surface area (Å²) in [6.07, 6.45) is 0. The van der Waals surface area contributed by atoms with Crippen molar-refractivity contribution < 1.29 is 9.53 Å². The van der Waals surface area contributed by atoms with E-state index in [2.05, 4.69) is 4.98 Å². The van der Waals surface area contributed by atoms with E-state index in [1.165, 1.54) is 0 Å². The maximum Gasteiger partial charge on any atom is 0.345 e. The van der Waals surface area contributed by atoms with Gasteiger partial charge in [-0.15, -0.1) is 0 Å². The van der Waals surface area contributed by atoms with Gasteiger partial charge in [-0.2, -0.15) is 0 Å². The van der Waals surface area contributed by atoms with Gasteiger partial charge in [0.05, 0.1) is 5.56 Å². The lowest BCUT2D eigenvalue weighted by Gasteiger charge is -2.02. The fraction of sp³-hybridized carbons (Fsp3) is 0.154. The van der Waals surface area contributed by atoms with Crippen LogP contribution in [0.1, 0.15) is 21.7 Å². The number of aromatic nitrogens is 1.